The largest absolute Gasteiger partial charge is 0.507 e. The molecule has 2 aromatic carbocycles. The molecule has 0 spiro atoms. The maximum absolute atomic E-state index is 13.1. The summed E-state index contributed by atoms with van der Waals surface area (Å²) in [6, 6.07) is 15.9. The number of H-pyrrole nitrogens is 1. The van der Waals surface area contributed by atoms with Crippen molar-refractivity contribution in [2.45, 2.75) is 19.4 Å². The Balaban J connectivity index is 1.54. The van der Waals surface area contributed by atoms with E-state index in [0.29, 0.717) is 24.3 Å². The zero-order chi connectivity index (χ0) is 23.1. The molecule has 1 aliphatic rings. The first kappa shape index (κ1) is 21.3. The number of furan rings is 1. The number of aromatic nitrogens is 1. The summed E-state index contributed by atoms with van der Waals surface area (Å²) in [6.45, 7) is 2.19. The number of nitrogens with zero attached hydrogens (tertiary/aromatic N) is 1. The highest BCUT2D eigenvalue weighted by atomic mass is 79.9. The molecule has 3 heterocycles. The zero-order valence-corrected chi connectivity index (χ0v) is 19.4. The average Bonchev–Trinajstić information content (AvgIpc) is 3.54. The molecule has 0 aliphatic carbocycles. The van der Waals surface area contributed by atoms with Crippen molar-refractivity contribution in [3.63, 3.8) is 0 Å². The summed E-state index contributed by atoms with van der Waals surface area (Å²) in [5, 5.41) is 12.2. The van der Waals surface area contributed by atoms with Gasteiger partial charge < -0.3 is 19.4 Å². The SMILES string of the molecule is Cc1cc(/C(O)=C2/C(=O)C(=O)N(CCc3c[nH]c4ccccc34)C2c2ccco2)ccc1Br. The summed E-state index contributed by atoms with van der Waals surface area (Å²) >= 11 is 3.45. The molecule has 0 saturated carbocycles. The number of aliphatic hydroxyl groups is 1. The van der Waals surface area contributed by atoms with Gasteiger partial charge in [0.05, 0.1) is 11.8 Å². The molecule has 0 bridgehead atoms. The highest BCUT2D eigenvalue weighted by Gasteiger charge is 2.47. The van der Waals surface area contributed by atoms with Crippen LogP contribution in [0, 0.1) is 6.92 Å². The number of hydrogen-bond donors (Lipinski definition) is 2. The predicted molar refractivity (Wildman–Crippen MR) is 129 cm³/mol. The van der Waals surface area contributed by atoms with Crippen LogP contribution in [-0.2, 0) is 16.0 Å². The molecule has 1 fully saturated rings. The first-order chi connectivity index (χ1) is 16.0. The number of carbonyl (C=O) groups excluding carboxylic acids is 2. The fourth-order valence-corrected chi connectivity index (χ4v) is 4.63. The van der Waals surface area contributed by atoms with E-state index < -0.39 is 17.7 Å². The summed E-state index contributed by atoms with van der Waals surface area (Å²) < 4.78 is 6.50. The fraction of sp³-hybridized carbons (Fsp3) is 0.154. The van der Waals surface area contributed by atoms with E-state index in [0.717, 1.165) is 26.5 Å². The zero-order valence-electron chi connectivity index (χ0n) is 17.8. The predicted octanol–water partition coefficient (Wildman–Crippen LogP) is 5.50. The highest BCUT2D eigenvalue weighted by molar-refractivity contribution is 9.10. The Kier molecular flexibility index (Phi) is 5.42. The molecular formula is C26H21BrN2O4. The quantitative estimate of drug-likeness (QED) is 0.213. The van der Waals surface area contributed by atoms with E-state index in [2.05, 4.69) is 20.9 Å². The van der Waals surface area contributed by atoms with Gasteiger partial charge >= 0.3 is 0 Å². The second-order valence-electron chi connectivity index (χ2n) is 8.08. The minimum Gasteiger partial charge on any atom is -0.507 e. The second kappa shape index (κ2) is 8.41. The number of aliphatic hydroxyl groups excluding tert-OH is 1. The highest BCUT2D eigenvalue weighted by Crippen LogP contribution is 2.40. The normalized spacial score (nSPS) is 17.9. The van der Waals surface area contributed by atoms with Gasteiger partial charge in [-0.3, -0.25) is 9.59 Å². The first-order valence-electron chi connectivity index (χ1n) is 10.6. The van der Waals surface area contributed by atoms with Crippen LogP contribution in [0.1, 0.15) is 28.5 Å². The van der Waals surface area contributed by atoms with Gasteiger partial charge in [-0.25, -0.2) is 0 Å². The molecule has 4 aromatic rings. The van der Waals surface area contributed by atoms with Crippen molar-refractivity contribution in [3.05, 3.63) is 99.6 Å². The summed E-state index contributed by atoms with van der Waals surface area (Å²) in [5.74, 6) is -1.14. The van der Waals surface area contributed by atoms with Gasteiger partial charge in [0, 0.05) is 33.7 Å². The number of Topliss-reactive ketones (excluding diaryl/α,β-unsaturated/α-hetero) is 1. The number of aromatic amines is 1. The average molecular weight is 505 g/mol. The van der Waals surface area contributed by atoms with Crippen molar-refractivity contribution in [1.82, 2.24) is 9.88 Å². The molecular weight excluding hydrogens is 484 g/mol. The third-order valence-corrected chi connectivity index (χ3v) is 6.97. The minimum absolute atomic E-state index is 0.0376. The molecule has 166 valence electrons. The van der Waals surface area contributed by atoms with Crippen LogP contribution < -0.4 is 0 Å². The van der Waals surface area contributed by atoms with E-state index in [1.807, 2.05) is 37.4 Å². The Morgan fingerprint density at radius 2 is 1.97 bits per heavy atom. The van der Waals surface area contributed by atoms with E-state index in [-0.39, 0.29) is 11.3 Å². The number of aryl methyl sites for hydroxylation is 1. The number of amides is 1. The van der Waals surface area contributed by atoms with E-state index in [1.165, 1.54) is 11.2 Å². The standard InChI is InChI=1S/C26H21BrN2O4/c1-15-13-16(8-9-19(15)27)24(30)22-23(21-7-4-12-33-21)29(26(32)25(22)31)11-10-17-14-28-20-6-3-2-5-18(17)20/h2-9,12-14,23,28,30H,10-11H2,1H3/b24-22-. The molecule has 33 heavy (non-hydrogen) atoms. The van der Waals surface area contributed by atoms with Crippen LogP contribution in [0.25, 0.3) is 16.7 Å². The van der Waals surface area contributed by atoms with Gasteiger partial charge in [0.25, 0.3) is 11.7 Å². The van der Waals surface area contributed by atoms with Crippen LogP contribution >= 0.6 is 15.9 Å². The molecule has 1 atom stereocenters. The topological polar surface area (TPSA) is 86.5 Å². The molecule has 7 heteroatoms. The number of hydrogen-bond acceptors (Lipinski definition) is 4. The van der Waals surface area contributed by atoms with Gasteiger partial charge in [-0.05, 0) is 54.8 Å². The lowest BCUT2D eigenvalue weighted by Gasteiger charge is -2.23. The van der Waals surface area contributed by atoms with Gasteiger partial charge in [0.2, 0.25) is 0 Å². The third kappa shape index (κ3) is 3.68. The fourth-order valence-electron chi connectivity index (χ4n) is 4.38. The van der Waals surface area contributed by atoms with Crippen molar-refractivity contribution in [2.75, 3.05) is 6.54 Å². The number of nitrogens with one attached hydrogen (secondary N) is 1. The number of para-hydroxylation sites is 1. The second-order valence-corrected chi connectivity index (χ2v) is 8.94. The van der Waals surface area contributed by atoms with Crippen LogP contribution in [-0.4, -0.2) is 33.2 Å². The maximum Gasteiger partial charge on any atom is 0.295 e. The van der Waals surface area contributed by atoms with Crippen molar-refractivity contribution >= 4 is 44.3 Å². The lowest BCUT2D eigenvalue weighted by Crippen LogP contribution is -2.31. The summed E-state index contributed by atoms with van der Waals surface area (Å²) in [7, 11) is 0. The van der Waals surface area contributed by atoms with Gasteiger partial charge in [-0.1, -0.05) is 40.2 Å². The Bertz CT molecular complexity index is 1400. The molecule has 1 amide bonds. The van der Waals surface area contributed by atoms with Crippen LogP contribution in [0.15, 0.2) is 81.5 Å². The number of likely N-dealkylation sites (tertiary alicyclic amines) is 1. The molecule has 2 N–H and O–H groups in total. The van der Waals surface area contributed by atoms with Gasteiger partial charge in [-0.15, -0.1) is 0 Å². The van der Waals surface area contributed by atoms with Crippen LogP contribution in [0.2, 0.25) is 0 Å². The number of ketones is 1. The number of rotatable bonds is 5. The van der Waals surface area contributed by atoms with Crippen molar-refractivity contribution in [2.24, 2.45) is 0 Å². The number of carbonyl (C=O) groups is 2. The number of halogens is 1. The smallest absolute Gasteiger partial charge is 0.295 e. The van der Waals surface area contributed by atoms with Crippen molar-refractivity contribution in [1.29, 1.82) is 0 Å². The maximum atomic E-state index is 13.1. The lowest BCUT2D eigenvalue weighted by molar-refractivity contribution is -0.140. The molecule has 2 aromatic heterocycles. The molecule has 5 rings (SSSR count). The number of fused-ring (bicyclic) bond motifs is 1. The van der Waals surface area contributed by atoms with Gasteiger partial charge in [-0.2, -0.15) is 0 Å². The minimum atomic E-state index is -0.797. The molecule has 1 aliphatic heterocycles. The third-order valence-electron chi connectivity index (χ3n) is 6.08. The Labute approximate surface area is 198 Å². The summed E-state index contributed by atoms with van der Waals surface area (Å²) in [5.41, 5.74) is 3.48. The Hall–Kier alpha value is -3.58. The summed E-state index contributed by atoms with van der Waals surface area (Å²) in [6.07, 6.45) is 3.97. The van der Waals surface area contributed by atoms with Crippen molar-refractivity contribution in [3.8, 4) is 0 Å². The molecule has 6 nitrogen and oxygen atoms in total. The first-order valence-corrected chi connectivity index (χ1v) is 11.4. The molecule has 0 radical (unpaired) electrons. The molecule has 1 saturated heterocycles. The van der Waals surface area contributed by atoms with Crippen LogP contribution in [0.4, 0.5) is 0 Å². The van der Waals surface area contributed by atoms with Crippen LogP contribution in [0.5, 0.6) is 0 Å². The van der Waals surface area contributed by atoms with Gasteiger partial charge in [0.15, 0.2) is 0 Å². The lowest BCUT2D eigenvalue weighted by atomic mass is 9.98. The Morgan fingerprint density at radius 1 is 1.15 bits per heavy atom. The van der Waals surface area contributed by atoms with Gasteiger partial charge in [0.1, 0.15) is 17.6 Å². The van der Waals surface area contributed by atoms with Crippen molar-refractivity contribution < 1.29 is 19.1 Å². The van der Waals surface area contributed by atoms with E-state index in [1.54, 1.807) is 30.3 Å². The monoisotopic (exact) mass is 504 g/mol. The van der Waals surface area contributed by atoms with E-state index in [4.69, 9.17) is 4.42 Å². The Morgan fingerprint density at radius 3 is 2.73 bits per heavy atom. The summed E-state index contributed by atoms with van der Waals surface area (Å²) in [4.78, 5) is 30.9. The van der Waals surface area contributed by atoms with E-state index >= 15 is 0 Å². The van der Waals surface area contributed by atoms with E-state index in [9.17, 15) is 14.7 Å². The van der Waals surface area contributed by atoms with Crippen LogP contribution in [0.3, 0.4) is 0 Å². The number of benzene rings is 2. The molecule has 1 unspecified atom stereocenters.